The lowest BCUT2D eigenvalue weighted by Crippen LogP contribution is -2.58. The van der Waals surface area contributed by atoms with Gasteiger partial charge >= 0.3 is 17.9 Å². The van der Waals surface area contributed by atoms with E-state index in [-0.39, 0.29) is 24.6 Å². The van der Waals surface area contributed by atoms with Gasteiger partial charge in [0.15, 0.2) is 18.2 Å². The minimum absolute atomic E-state index is 0.269. The minimum atomic E-state index is -1.05. The monoisotopic (exact) mass is 679 g/mol. The Hall–Kier alpha value is -4.40. The summed E-state index contributed by atoms with van der Waals surface area (Å²) in [7, 11) is 2.07. The first-order valence-electron chi connectivity index (χ1n) is 16.6. The predicted molar refractivity (Wildman–Crippen MR) is 177 cm³/mol. The molecule has 2 fully saturated rings. The number of rotatable bonds is 13. The third kappa shape index (κ3) is 9.19. The SMILES string of the molecule is CC(=O)OC[C@H]1O[C@@H](OCC(=O)c2cnc(N3CCC(CNCc4cn(C)c5ccccc45)CC3)nc2)[C@H](C)[C@@H](OC(C)=O)[C@H]1OC(C)=O. The van der Waals surface area contributed by atoms with Gasteiger partial charge in [-0.25, -0.2) is 9.97 Å². The highest BCUT2D eigenvalue weighted by Gasteiger charge is 2.49. The summed E-state index contributed by atoms with van der Waals surface area (Å²) in [5.74, 6) is -1.70. The maximum absolute atomic E-state index is 13.1. The summed E-state index contributed by atoms with van der Waals surface area (Å²) in [6.07, 6.45) is 3.11. The second-order valence-corrected chi connectivity index (χ2v) is 12.7. The summed E-state index contributed by atoms with van der Waals surface area (Å²) in [6, 6.07) is 8.44. The molecule has 2 aromatic heterocycles. The highest BCUT2D eigenvalue weighted by molar-refractivity contribution is 5.96. The van der Waals surface area contributed by atoms with Crippen molar-refractivity contribution >= 4 is 40.5 Å². The number of ether oxygens (including phenoxy) is 5. The molecule has 5 rings (SSSR count). The molecule has 0 amide bonds. The molecular weight excluding hydrogens is 634 g/mol. The van der Waals surface area contributed by atoms with Gasteiger partial charge in [-0.3, -0.25) is 19.2 Å². The Bertz CT molecular complexity index is 1620. The van der Waals surface area contributed by atoms with E-state index in [0.29, 0.717) is 11.9 Å². The zero-order valence-electron chi connectivity index (χ0n) is 28.6. The van der Waals surface area contributed by atoms with Crippen molar-refractivity contribution in [3.63, 3.8) is 0 Å². The molecule has 0 bridgehead atoms. The fourth-order valence-electron chi connectivity index (χ4n) is 6.45. The maximum Gasteiger partial charge on any atom is 0.303 e. The van der Waals surface area contributed by atoms with Crippen LogP contribution in [0.1, 0.15) is 56.5 Å². The van der Waals surface area contributed by atoms with Gasteiger partial charge in [-0.05, 0) is 36.9 Å². The van der Waals surface area contributed by atoms with Gasteiger partial charge in [-0.1, -0.05) is 25.1 Å². The molecule has 14 heteroatoms. The molecular formula is C35H45N5O9. The number of benzene rings is 1. The van der Waals surface area contributed by atoms with Gasteiger partial charge in [0.2, 0.25) is 5.95 Å². The van der Waals surface area contributed by atoms with Crippen LogP contribution in [0.4, 0.5) is 5.95 Å². The van der Waals surface area contributed by atoms with E-state index in [0.717, 1.165) is 39.0 Å². The number of ketones is 1. The van der Waals surface area contributed by atoms with Gasteiger partial charge in [0.1, 0.15) is 25.4 Å². The predicted octanol–water partition coefficient (Wildman–Crippen LogP) is 2.96. The molecule has 2 aliphatic heterocycles. The first kappa shape index (κ1) is 35.9. The van der Waals surface area contributed by atoms with E-state index in [2.05, 4.69) is 62.3 Å². The molecule has 3 aromatic rings. The molecule has 49 heavy (non-hydrogen) atoms. The second-order valence-electron chi connectivity index (χ2n) is 12.7. The quantitative estimate of drug-likeness (QED) is 0.160. The molecule has 1 aromatic carbocycles. The van der Waals surface area contributed by atoms with Gasteiger partial charge in [-0.15, -0.1) is 0 Å². The number of aryl methyl sites for hydroxylation is 1. The number of esters is 3. The Labute approximate surface area is 285 Å². The number of carbonyl (C=O) groups is 4. The van der Waals surface area contributed by atoms with Gasteiger partial charge in [0, 0.05) is 82.9 Å². The van der Waals surface area contributed by atoms with Crippen molar-refractivity contribution < 1.29 is 42.9 Å². The molecule has 14 nitrogen and oxygen atoms in total. The summed E-state index contributed by atoms with van der Waals surface area (Å²) >= 11 is 0. The first-order valence-corrected chi connectivity index (χ1v) is 16.6. The molecule has 0 saturated carbocycles. The van der Waals surface area contributed by atoms with Crippen LogP contribution in [0.25, 0.3) is 10.9 Å². The van der Waals surface area contributed by atoms with Crippen LogP contribution in [0.15, 0.2) is 42.9 Å². The number of aromatic nitrogens is 3. The first-order chi connectivity index (χ1) is 23.5. The zero-order valence-corrected chi connectivity index (χ0v) is 28.6. The fourth-order valence-corrected chi connectivity index (χ4v) is 6.45. The summed E-state index contributed by atoms with van der Waals surface area (Å²) in [5, 5.41) is 4.92. The third-order valence-electron chi connectivity index (χ3n) is 8.97. The normalized spacial score (nSPS) is 22.9. The summed E-state index contributed by atoms with van der Waals surface area (Å²) in [4.78, 5) is 59.3. The van der Waals surface area contributed by atoms with Gasteiger partial charge in [0.05, 0.1) is 5.56 Å². The summed E-state index contributed by atoms with van der Waals surface area (Å²) < 4.78 is 29.9. The number of anilines is 1. The summed E-state index contributed by atoms with van der Waals surface area (Å²) in [6.45, 7) is 8.10. The molecule has 4 heterocycles. The largest absolute Gasteiger partial charge is 0.463 e. The van der Waals surface area contributed by atoms with Crippen LogP contribution >= 0.6 is 0 Å². The van der Waals surface area contributed by atoms with E-state index >= 15 is 0 Å². The molecule has 264 valence electrons. The number of carbonyl (C=O) groups excluding carboxylic acids is 4. The molecule has 1 N–H and O–H groups in total. The van der Waals surface area contributed by atoms with Gasteiger partial charge < -0.3 is 38.5 Å². The number of para-hydroxylation sites is 1. The Kier molecular flexibility index (Phi) is 12.0. The molecule has 0 radical (unpaired) electrons. The topological polar surface area (TPSA) is 160 Å². The Morgan fingerprint density at radius 3 is 2.31 bits per heavy atom. The second kappa shape index (κ2) is 16.3. The molecule has 2 aliphatic rings. The van der Waals surface area contributed by atoms with Gasteiger partial charge in [0.25, 0.3) is 0 Å². The number of hydrogen-bond acceptors (Lipinski definition) is 13. The van der Waals surface area contributed by atoms with Crippen LogP contribution in [-0.4, -0.2) is 95.7 Å². The van der Waals surface area contributed by atoms with Crippen molar-refractivity contribution in [2.75, 3.05) is 37.7 Å². The lowest BCUT2D eigenvalue weighted by atomic mass is 9.92. The standard InChI is InChI=1S/C35H45N5O9/c1-21-32(47-23(3)42)33(48-24(4)43)31(20-45-22(2)41)49-34(21)46-19-30(44)26-16-37-35(38-17-26)40-12-10-25(11-13-40)14-36-15-27-18-39(5)29-9-7-6-8-28(27)29/h6-9,16-18,21,25,31-34,36H,10-15,19-20H2,1-5H3/t21-,31-,32-,33+,34-/m1/s1. The lowest BCUT2D eigenvalue weighted by Gasteiger charge is -2.43. The fraction of sp³-hybridized carbons (Fsp3) is 0.543. The van der Waals surface area contributed by atoms with E-state index in [4.69, 9.17) is 23.7 Å². The number of Topliss-reactive ketones (excluding diaryl/α,β-unsaturated/α-hetero) is 1. The Morgan fingerprint density at radius 2 is 1.63 bits per heavy atom. The van der Waals surface area contributed by atoms with E-state index < -0.39 is 48.4 Å². The summed E-state index contributed by atoms with van der Waals surface area (Å²) in [5.41, 5.74) is 2.80. The lowest BCUT2D eigenvalue weighted by molar-refractivity contribution is -0.286. The molecule has 2 saturated heterocycles. The van der Waals surface area contributed by atoms with E-state index in [1.165, 1.54) is 49.6 Å². The number of hydrogen-bond donors (Lipinski definition) is 1. The smallest absolute Gasteiger partial charge is 0.303 e. The van der Waals surface area contributed by atoms with Crippen LogP contribution in [0, 0.1) is 11.8 Å². The average Bonchev–Trinajstić information content (AvgIpc) is 3.40. The van der Waals surface area contributed by atoms with Crippen molar-refractivity contribution in [2.45, 2.75) is 71.7 Å². The number of nitrogens with zero attached hydrogens (tertiary/aromatic N) is 4. The van der Waals surface area contributed by atoms with Crippen LogP contribution in [0.3, 0.4) is 0 Å². The van der Waals surface area contributed by atoms with Crippen molar-refractivity contribution in [1.82, 2.24) is 19.9 Å². The van der Waals surface area contributed by atoms with Crippen molar-refractivity contribution in [1.29, 1.82) is 0 Å². The third-order valence-corrected chi connectivity index (χ3v) is 8.97. The molecule has 0 unspecified atom stereocenters. The highest BCUT2D eigenvalue weighted by Crippen LogP contribution is 2.32. The molecule has 0 spiro atoms. The number of nitrogens with one attached hydrogen (secondary N) is 1. The Morgan fingerprint density at radius 1 is 0.959 bits per heavy atom. The molecule has 0 aliphatic carbocycles. The van der Waals surface area contributed by atoms with Crippen molar-refractivity contribution in [3.8, 4) is 0 Å². The van der Waals surface area contributed by atoms with E-state index in [9.17, 15) is 19.2 Å². The Balaban J connectivity index is 1.11. The van der Waals surface area contributed by atoms with E-state index in [1.807, 2.05) is 0 Å². The van der Waals surface area contributed by atoms with Crippen LogP contribution in [-0.2, 0) is 51.7 Å². The minimum Gasteiger partial charge on any atom is -0.463 e. The maximum atomic E-state index is 13.1. The highest BCUT2D eigenvalue weighted by atomic mass is 16.7. The van der Waals surface area contributed by atoms with Crippen LogP contribution in [0.5, 0.6) is 0 Å². The number of piperidine rings is 1. The van der Waals surface area contributed by atoms with Gasteiger partial charge in [-0.2, -0.15) is 0 Å². The molecule has 5 atom stereocenters. The van der Waals surface area contributed by atoms with E-state index in [1.54, 1.807) is 6.92 Å². The van der Waals surface area contributed by atoms with Crippen LogP contribution < -0.4 is 10.2 Å². The van der Waals surface area contributed by atoms with Crippen LogP contribution in [0.2, 0.25) is 0 Å². The average molecular weight is 680 g/mol. The number of fused-ring (bicyclic) bond motifs is 1. The van der Waals surface area contributed by atoms with Crippen molar-refractivity contribution in [3.05, 3.63) is 54.0 Å². The van der Waals surface area contributed by atoms with Crippen molar-refractivity contribution in [2.24, 2.45) is 18.9 Å². The zero-order chi connectivity index (χ0) is 35.1.